The Morgan fingerprint density at radius 1 is 1.05 bits per heavy atom. The smallest absolute Gasteiger partial charge is 0.338 e. The number of nitrogens with zero attached hydrogens (tertiary/aromatic N) is 2. The second-order valence-corrected chi connectivity index (χ2v) is 9.69. The largest absolute Gasteiger partial charge is 0.487 e. The number of anilines is 1. The number of carbonyl (C=O) groups excluding carboxylic acids is 2. The summed E-state index contributed by atoms with van der Waals surface area (Å²) in [5, 5.41) is 8.07. The van der Waals surface area contributed by atoms with Crippen LogP contribution in [0.3, 0.4) is 0 Å². The number of aromatic nitrogens is 2. The summed E-state index contributed by atoms with van der Waals surface area (Å²) in [7, 11) is 1.35. The average molecular weight is 583 g/mol. The molecule has 0 aliphatic carbocycles. The highest BCUT2D eigenvalue weighted by Gasteiger charge is 2.18. The van der Waals surface area contributed by atoms with E-state index in [0.717, 1.165) is 21.3 Å². The van der Waals surface area contributed by atoms with E-state index in [1.165, 1.54) is 7.11 Å². The summed E-state index contributed by atoms with van der Waals surface area (Å²) in [6, 6.07) is 19.8. The van der Waals surface area contributed by atoms with Crippen LogP contribution in [0.25, 0.3) is 0 Å². The van der Waals surface area contributed by atoms with Gasteiger partial charge in [-0.3, -0.25) is 9.48 Å². The van der Waals surface area contributed by atoms with Gasteiger partial charge in [0.15, 0.2) is 0 Å². The van der Waals surface area contributed by atoms with E-state index in [0.29, 0.717) is 46.4 Å². The summed E-state index contributed by atoms with van der Waals surface area (Å²) < 4.78 is 13.3. The lowest BCUT2D eigenvalue weighted by atomic mass is 10.1. The van der Waals surface area contributed by atoms with E-state index < -0.39 is 5.97 Å². The quantitative estimate of drug-likeness (QED) is 0.237. The average Bonchev–Trinajstić information content (AvgIpc) is 3.15. The Balaban J connectivity index is 1.43. The van der Waals surface area contributed by atoms with Crippen LogP contribution >= 0.6 is 27.5 Å². The minimum Gasteiger partial charge on any atom is -0.487 e. The van der Waals surface area contributed by atoms with Crippen LogP contribution in [0.15, 0.2) is 71.2 Å². The highest BCUT2D eigenvalue weighted by Crippen LogP contribution is 2.28. The van der Waals surface area contributed by atoms with E-state index in [1.807, 2.05) is 44.2 Å². The van der Waals surface area contributed by atoms with Gasteiger partial charge >= 0.3 is 5.97 Å². The van der Waals surface area contributed by atoms with Gasteiger partial charge < -0.3 is 14.8 Å². The van der Waals surface area contributed by atoms with Gasteiger partial charge in [0, 0.05) is 10.0 Å². The Morgan fingerprint density at radius 3 is 2.49 bits per heavy atom. The molecule has 0 aliphatic rings. The number of hydrogen-bond donors (Lipinski definition) is 1. The number of halogens is 2. The SMILES string of the molecule is COC(=O)c1ccccc1Cn1nc(C)c(NC(=O)c2ccc(COc3ccc(Br)cc3Cl)cc2)c1C. The molecule has 4 aromatic rings. The van der Waals surface area contributed by atoms with Crippen LogP contribution in [0.1, 0.15) is 43.2 Å². The number of ether oxygens (including phenoxy) is 2. The van der Waals surface area contributed by atoms with Crippen LogP contribution in [0.2, 0.25) is 5.02 Å². The first-order valence-electron chi connectivity index (χ1n) is 11.4. The maximum absolute atomic E-state index is 13.0. The zero-order valence-corrected chi connectivity index (χ0v) is 22.9. The normalized spacial score (nSPS) is 10.7. The number of aryl methyl sites for hydroxylation is 1. The number of carbonyl (C=O) groups is 2. The van der Waals surface area contributed by atoms with Gasteiger partial charge in [0.05, 0.1) is 41.3 Å². The summed E-state index contributed by atoms with van der Waals surface area (Å²) in [5.41, 5.74) is 4.76. The summed E-state index contributed by atoms with van der Waals surface area (Å²) in [6.07, 6.45) is 0. The summed E-state index contributed by atoms with van der Waals surface area (Å²) >= 11 is 9.58. The molecule has 0 bridgehead atoms. The van der Waals surface area contributed by atoms with Crippen molar-refractivity contribution in [1.82, 2.24) is 9.78 Å². The van der Waals surface area contributed by atoms with Gasteiger partial charge in [-0.25, -0.2) is 4.79 Å². The van der Waals surface area contributed by atoms with Gasteiger partial charge in [-0.1, -0.05) is 57.9 Å². The first-order chi connectivity index (χ1) is 17.8. The fourth-order valence-electron chi connectivity index (χ4n) is 3.85. The fraction of sp³-hybridized carbons (Fsp3) is 0.179. The second kappa shape index (κ2) is 11.6. The molecule has 0 spiro atoms. The van der Waals surface area contributed by atoms with Crippen molar-refractivity contribution in [3.63, 3.8) is 0 Å². The predicted octanol–water partition coefficient (Wildman–Crippen LogP) is 6.58. The molecule has 0 saturated heterocycles. The lowest BCUT2D eigenvalue weighted by Gasteiger charge is -2.11. The monoisotopic (exact) mass is 581 g/mol. The number of esters is 1. The third-order valence-corrected chi connectivity index (χ3v) is 6.66. The van der Waals surface area contributed by atoms with Gasteiger partial charge in [0.2, 0.25) is 0 Å². The minimum atomic E-state index is -0.403. The molecule has 1 N–H and O–H groups in total. The second-order valence-electron chi connectivity index (χ2n) is 8.37. The van der Waals surface area contributed by atoms with Crippen LogP contribution in [-0.2, 0) is 17.9 Å². The fourth-order valence-corrected chi connectivity index (χ4v) is 4.58. The Labute approximate surface area is 228 Å². The summed E-state index contributed by atoms with van der Waals surface area (Å²) in [4.78, 5) is 25.1. The Hall–Kier alpha value is -3.62. The molecule has 9 heteroatoms. The van der Waals surface area contributed by atoms with Crippen LogP contribution in [0, 0.1) is 13.8 Å². The number of hydrogen-bond acceptors (Lipinski definition) is 5. The van der Waals surface area contributed by atoms with E-state index >= 15 is 0 Å². The molecule has 0 saturated carbocycles. The van der Waals surface area contributed by atoms with Crippen molar-refractivity contribution in [2.75, 3.05) is 12.4 Å². The number of rotatable bonds is 8. The van der Waals surface area contributed by atoms with E-state index in [9.17, 15) is 9.59 Å². The third kappa shape index (κ3) is 6.21. The van der Waals surface area contributed by atoms with Crippen LogP contribution in [0.4, 0.5) is 5.69 Å². The molecule has 7 nitrogen and oxygen atoms in total. The van der Waals surface area contributed by atoms with Crippen molar-refractivity contribution in [3.05, 3.63) is 110 Å². The molecule has 1 heterocycles. The Morgan fingerprint density at radius 2 is 1.78 bits per heavy atom. The number of benzene rings is 3. The zero-order chi connectivity index (χ0) is 26.5. The Kier molecular flexibility index (Phi) is 8.31. The molecule has 37 heavy (non-hydrogen) atoms. The number of amides is 1. The minimum absolute atomic E-state index is 0.246. The van der Waals surface area contributed by atoms with E-state index in [2.05, 4.69) is 26.3 Å². The van der Waals surface area contributed by atoms with Gasteiger partial charge in [-0.05, 0) is 61.4 Å². The summed E-state index contributed by atoms with van der Waals surface area (Å²) in [6.45, 7) is 4.40. The maximum atomic E-state index is 13.0. The molecule has 190 valence electrons. The van der Waals surface area contributed by atoms with Gasteiger partial charge in [0.1, 0.15) is 12.4 Å². The lowest BCUT2D eigenvalue weighted by molar-refractivity contribution is 0.0599. The van der Waals surface area contributed by atoms with Crippen molar-refractivity contribution in [2.24, 2.45) is 0 Å². The first kappa shape index (κ1) is 26.4. The number of nitrogens with one attached hydrogen (secondary N) is 1. The topological polar surface area (TPSA) is 82.5 Å². The van der Waals surface area contributed by atoms with Crippen LogP contribution < -0.4 is 10.1 Å². The molecular weight excluding hydrogens is 558 g/mol. The molecule has 0 atom stereocenters. The highest BCUT2D eigenvalue weighted by molar-refractivity contribution is 9.10. The molecule has 3 aromatic carbocycles. The molecule has 1 aromatic heterocycles. The molecule has 0 aliphatic heterocycles. The first-order valence-corrected chi connectivity index (χ1v) is 12.6. The van der Waals surface area contributed by atoms with Gasteiger partial charge in [-0.15, -0.1) is 0 Å². The standard InChI is InChI=1S/C28H25BrClN3O4/c1-17-26(18(2)33(32-17)15-21-6-4-5-7-23(21)28(35)36-3)31-27(34)20-10-8-19(9-11-20)16-37-25-13-12-22(29)14-24(25)30/h4-14H,15-16H2,1-3H3,(H,31,34). The third-order valence-electron chi connectivity index (χ3n) is 5.87. The summed E-state index contributed by atoms with van der Waals surface area (Å²) in [5.74, 6) is -0.0626. The maximum Gasteiger partial charge on any atom is 0.338 e. The van der Waals surface area contributed by atoms with Gasteiger partial charge in [0.25, 0.3) is 5.91 Å². The van der Waals surface area contributed by atoms with Crippen molar-refractivity contribution in [1.29, 1.82) is 0 Å². The Bertz CT molecular complexity index is 1450. The predicted molar refractivity (Wildman–Crippen MR) is 146 cm³/mol. The molecule has 4 rings (SSSR count). The van der Waals surface area contributed by atoms with Crippen LogP contribution in [0.5, 0.6) is 5.75 Å². The molecule has 0 radical (unpaired) electrons. The zero-order valence-electron chi connectivity index (χ0n) is 20.5. The van der Waals surface area contributed by atoms with E-state index in [1.54, 1.807) is 41.1 Å². The molecule has 1 amide bonds. The van der Waals surface area contributed by atoms with E-state index in [-0.39, 0.29) is 5.91 Å². The van der Waals surface area contributed by atoms with Crippen molar-refractivity contribution < 1.29 is 19.1 Å². The molecule has 0 unspecified atom stereocenters. The molecule has 0 fully saturated rings. The highest BCUT2D eigenvalue weighted by atomic mass is 79.9. The molecular formula is C28H25BrClN3O4. The van der Waals surface area contributed by atoms with Crippen molar-refractivity contribution >= 4 is 45.1 Å². The number of methoxy groups -OCH3 is 1. The van der Waals surface area contributed by atoms with Gasteiger partial charge in [-0.2, -0.15) is 5.10 Å². The van der Waals surface area contributed by atoms with Crippen molar-refractivity contribution in [2.45, 2.75) is 27.0 Å². The lowest BCUT2D eigenvalue weighted by Crippen LogP contribution is -2.14. The van der Waals surface area contributed by atoms with E-state index in [4.69, 9.17) is 21.1 Å². The van der Waals surface area contributed by atoms with Crippen molar-refractivity contribution in [3.8, 4) is 5.75 Å². The van der Waals surface area contributed by atoms with Crippen LogP contribution in [-0.4, -0.2) is 28.8 Å².